The molecule has 0 radical (unpaired) electrons. The summed E-state index contributed by atoms with van der Waals surface area (Å²) in [6, 6.07) is 15.7. The van der Waals surface area contributed by atoms with Crippen LogP contribution in [0.25, 0.3) is 0 Å². The zero-order chi connectivity index (χ0) is 44.7. The van der Waals surface area contributed by atoms with E-state index in [2.05, 4.69) is 10.5 Å². The summed E-state index contributed by atoms with van der Waals surface area (Å²) in [5, 5.41) is 12.9. The van der Waals surface area contributed by atoms with Gasteiger partial charge in [0.05, 0.1) is 34.0 Å². The number of carbonyl (C=O) groups excluding carboxylic acids is 3. The molecule has 2 amide bonds. The molecule has 1 aromatic heterocycles. The number of aromatic nitrogens is 2. The largest absolute Gasteiger partial charge is 0.384 e. The summed E-state index contributed by atoms with van der Waals surface area (Å²) in [5.41, 5.74) is 10.9. The van der Waals surface area contributed by atoms with E-state index in [0.717, 1.165) is 28.2 Å². The van der Waals surface area contributed by atoms with Crippen LogP contribution in [0.2, 0.25) is 10.0 Å². The summed E-state index contributed by atoms with van der Waals surface area (Å²) in [7, 11) is 0. The van der Waals surface area contributed by atoms with Crippen LogP contribution in [-0.4, -0.2) is 40.5 Å². The Labute approximate surface area is 356 Å². The fourth-order valence-corrected chi connectivity index (χ4v) is 7.02. The number of nitrogen functional groups attached to an aromatic ring is 1. The van der Waals surface area contributed by atoms with Gasteiger partial charge in [0.25, 0.3) is 11.8 Å². The highest BCUT2D eigenvalue weighted by molar-refractivity contribution is 6.43. The van der Waals surface area contributed by atoms with Gasteiger partial charge in [-0.15, -0.1) is 0 Å². The lowest BCUT2D eigenvalue weighted by molar-refractivity contribution is -0.139. The number of nitrogens with one attached hydrogen (secondary N) is 1. The molecule has 19 heteroatoms. The van der Waals surface area contributed by atoms with Crippen molar-refractivity contribution >= 4 is 58.0 Å². The Bertz CT molecular complexity index is 2530. The molecule has 5 aromatic rings. The van der Waals surface area contributed by atoms with Gasteiger partial charge in [-0.2, -0.15) is 10.4 Å². The Balaban J connectivity index is 0.000000195. The van der Waals surface area contributed by atoms with Crippen LogP contribution >= 0.6 is 23.2 Å². The lowest BCUT2D eigenvalue weighted by atomic mass is 9.95. The number of amides is 2. The molecule has 11 nitrogen and oxygen atoms in total. The molecule has 1 atom stereocenters. The van der Waals surface area contributed by atoms with Crippen LogP contribution in [0.4, 0.5) is 43.5 Å². The van der Waals surface area contributed by atoms with Crippen molar-refractivity contribution in [2.24, 2.45) is 11.8 Å². The molecule has 2 aliphatic rings. The van der Waals surface area contributed by atoms with E-state index >= 15 is 0 Å². The van der Waals surface area contributed by atoms with Crippen molar-refractivity contribution in [3.8, 4) is 6.07 Å². The standard InChI is InChI=1S/C21H18ClF3N4O.C14H12ClFN2O2.C7H8F2N2/c1-2-11-8-14(22)18(25)16(9-11)28-7-6-13-19(21(28)30)27-29(20(13)26)10-12-4-3-5-15(23)17(12)24;1-2-8-5-10(15)12(16)11(6-8)18-4-3-9(7-17)13(19)14(18)20;8-6-3-1-2-5(4-11-10)7(6)9/h3-5,8-9H,2,6-7,10,26H2,1H3;5-6,9H,2-4H2,1H3;1-3,11H,4,10H2. The molecule has 1 saturated heterocycles. The number of rotatable bonds is 8. The number of anilines is 3. The first kappa shape index (κ1) is 46.1. The summed E-state index contributed by atoms with van der Waals surface area (Å²) in [5.74, 6) is -3.04. The summed E-state index contributed by atoms with van der Waals surface area (Å²) >= 11 is 11.8. The van der Waals surface area contributed by atoms with Gasteiger partial charge in [0.15, 0.2) is 40.6 Å². The molecule has 0 spiro atoms. The van der Waals surface area contributed by atoms with Crippen molar-refractivity contribution < 1.29 is 40.7 Å². The number of nitrogens with zero attached hydrogens (tertiary/aromatic N) is 5. The van der Waals surface area contributed by atoms with Gasteiger partial charge < -0.3 is 15.5 Å². The highest BCUT2D eigenvalue weighted by Gasteiger charge is 2.37. The number of nitrogens with two attached hydrogens (primary N) is 2. The Hall–Kier alpha value is -5.93. The van der Waals surface area contributed by atoms with Crippen molar-refractivity contribution in [1.82, 2.24) is 15.2 Å². The minimum atomic E-state index is -0.994. The number of ketones is 1. The van der Waals surface area contributed by atoms with Crippen molar-refractivity contribution in [1.29, 1.82) is 5.26 Å². The average Bonchev–Trinajstić information content (AvgIpc) is 3.57. The molecule has 5 N–H and O–H groups in total. The molecule has 0 saturated carbocycles. The van der Waals surface area contributed by atoms with Crippen molar-refractivity contribution in [2.45, 2.75) is 52.6 Å². The molecule has 0 aliphatic carbocycles. The van der Waals surface area contributed by atoms with Gasteiger partial charge in [-0.25, -0.2) is 31.0 Å². The molecular formula is C42H38Cl2F6N8O3. The molecular weight excluding hydrogens is 849 g/mol. The molecule has 1 unspecified atom stereocenters. The highest BCUT2D eigenvalue weighted by Crippen LogP contribution is 2.34. The number of benzene rings is 4. The number of halogens is 8. The maximum Gasteiger partial charge on any atom is 0.295 e. The maximum absolute atomic E-state index is 14.7. The lowest BCUT2D eigenvalue weighted by Gasteiger charge is -2.28. The summed E-state index contributed by atoms with van der Waals surface area (Å²) < 4.78 is 82.7. The van der Waals surface area contributed by atoms with E-state index < -0.39 is 58.4 Å². The Kier molecular flexibility index (Phi) is 15.2. The Morgan fingerprint density at radius 2 is 1.31 bits per heavy atom. The van der Waals surface area contributed by atoms with Gasteiger partial charge in [0, 0.05) is 36.3 Å². The summed E-state index contributed by atoms with van der Waals surface area (Å²) in [6.45, 7) is 4.09. The molecule has 3 heterocycles. The second-order valence-electron chi connectivity index (χ2n) is 13.7. The van der Waals surface area contributed by atoms with E-state index in [9.17, 15) is 40.7 Å². The van der Waals surface area contributed by atoms with E-state index in [1.807, 2.05) is 13.8 Å². The minimum absolute atomic E-state index is 0.00379. The third-order valence-electron chi connectivity index (χ3n) is 9.91. The van der Waals surface area contributed by atoms with E-state index in [1.54, 1.807) is 12.1 Å². The average molecular weight is 888 g/mol. The Morgan fingerprint density at radius 1 is 0.787 bits per heavy atom. The molecule has 2 aliphatic heterocycles. The van der Waals surface area contributed by atoms with Gasteiger partial charge in [-0.3, -0.25) is 25.7 Å². The van der Waals surface area contributed by atoms with E-state index in [1.165, 1.54) is 52.0 Å². The van der Waals surface area contributed by atoms with Gasteiger partial charge in [0.2, 0.25) is 5.78 Å². The van der Waals surface area contributed by atoms with Crippen molar-refractivity contribution in [2.75, 3.05) is 28.6 Å². The fourth-order valence-electron chi connectivity index (χ4n) is 6.55. The third kappa shape index (κ3) is 10.0. The van der Waals surface area contributed by atoms with Crippen LogP contribution in [0.3, 0.4) is 0 Å². The number of Topliss-reactive ketones (excluding diaryl/α,β-unsaturated/α-hetero) is 1. The van der Waals surface area contributed by atoms with Crippen LogP contribution in [0, 0.1) is 52.2 Å². The van der Waals surface area contributed by atoms with Crippen LogP contribution in [0.15, 0.2) is 60.7 Å². The number of piperidine rings is 1. The fraction of sp³-hybridized carbons (Fsp3) is 0.262. The number of hydrogen-bond donors (Lipinski definition) is 3. The van der Waals surface area contributed by atoms with Crippen LogP contribution in [0.5, 0.6) is 0 Å². The van der Waals surface area contributed by atoms with Gasteiger partial charge in [0.1, 0.15) is 11.7 Å². The minimum Gasteiger partial charge on any atom is -0.384 e. The van der Waals surface area contributed by atoms with Crippen LogP contribution in [0.1, 0.15) is 58.6 Å². The molecule has 320 valence electrons. The first-order valence-corrected chi connectivity index (χ1v) is 19.5. The van der Waals surface area contributed by atoms with E-state index in [0.29, 0.717) is 24.8 Å². The van der Waals surface area contributed by atoms with Crippen LogP contribution < -0.4 is 26.8 Å². The molecule has 7 rings (SSSR count). The Morgan fingerprint density at radius 3 is 1.84 bits per heavy atom. The van der Waals surface area contributed by atoms with E-state index in [4.69, 9.17) is 40.0 Å². The molecule has 0 bridgehead atoms. The number of hydrazine groups is 1. The molecule has 1 fully saturated rings. The highest BCUT2D eigenvalue weighted by atomic mass is 35.5. The lowest BCUT2D eigenvalue weighted by Crippen LogP contribution is -2.46. The monoisotopic (exact) mass is 886 g/mol. The number of fused-ring (bicyclic) bond motifs is 1. The first-order valence-electron chi connectivity index (χ1n) is 18.7. The zero-order valence-corrected chi connectivity index (χ0v) is 34.2. The number of aryl methyl sites for hydroxylation is 2. The van der Waals surface area contributed by atoms with Gasteiger partial charge in [-0.1, -0.05) is 61.3 Å². The number of nitriles is 1. The number of hydrogen-bond acceptors (Lipinski definition) is 8. The normalized spacial score (nSPS) is 14.8. The summed E-state index contributed by atoms with van der Waals surface area (Å²) in [4.78, 5) is 39.1. The predicted molar refractivity (Wildman–Crippen MR) is 218 cm³/mol. The predicted octanol–water partition coefficient (Wildman–Crippen LogP) is 7.76. The van der Waals surface area contributed by atoms with Crippen LogP contribution in [-0.2, 0) is 41.9 Å². The second kappa shape index (κ2) is 20.1. The van der Waals surface area contributed by atoms with Crippen molar-refractivity contribution in [3.05, 3.63) is 139 Å². The van der Waals surface area contributed by atoms with E-state index in [-0.39, 0.29) is 76.7 Å². The smallest absolute Gasteiger partial charge is 0.295 e. The first-order chi connectivity index (χ1) is 29.1. The second-order valence-corrected chi connectivity index (χ2v) is 14.5. The van der Waals surface area contributed by atoms with Gasteiger partial charge in [-0.05, 0) is 73.2 Å². The third-order valence-corrected chi connectivity index (χ3v) is 10.5. The SMILES string of the molecule is CCc1cc(Cl)c(F)c(N2CCC(C#N)C(=O)C2=O)c1.CCc1cc(Cl)c(F)c(N2CCc3c(nn(Cc4cccc(F)c4F)c3N)C2=O)c1.NNCc1cccc(F)c1F. The molecule has 61 heavy (non-hydrogen) atoms. The van der Waals surface area contributed by atoms with Crippen molar-refractivity contribution in [3.63, 3.8) is 0 Å². The summed E-state index contributed by atoms with van der Waals surface area (Å²) in [6.07, 6.45) is 1.80. The number of carbonyl (C=O) groups is 3. The topological polar surface area (TPSA) is 163 Å². The zero-order valence-electron chi connectivity index (χ0n) is 32.6. The van der Waals surface area contributed by atoms with Gasteiger partial charge >= 0.3 is 0 Å². The molecule has 4 aromatic carbocycles. The maximum atomic E-state index is 14.7. The quantitative estimate of drug-likeness (QED) is 0.0616.